The van der Waals surface area contributed by atoms with Gasteiger partial charge in [-0.1, -0.05) is 13.8 Å². The third kappa shape index (κ3) is 2.08. The molecule has 0 amide bonds. The zero-order valence-corrected chi connectivity index (χ0v) is 11.6. The predicted molar refractivity (Wildman–Crippen MR) is 76.5 cm³/mol. The molecule has 0 aromatic carbocycles. The number of aromatic nitrogens is 3. The van der Waals surface area contributed by atoms with E-state index in [4.69, 9.17) is 5.73 Å². The maximum Gasteiger partial charge on any atom is 0.154 e. The number of hydrogen-bond donors (Lipinski definition) is 1. The maximum absolute atomic E-state index is 5.87. The highest BCUT2D eigenvalue weighted by molar-refractivity contribution is 5.70. The van der Waals surface area contributed by atoms with E-state index in [1.165, 1.54) is 6.42 Å². The van der Waals surface area contributed by atoms with Crippen molar-refractivity contribution >= 4 is 11.3 Å². The molecule has 0 bridgehead atoms. The van der Waals surface area contributed by atoms with Gasteiger partial charge >= 0.3 is 0 Å². The SMILES string of the molecule is CC(C)c1cc2c(N3CCCC3CN)nccn2n1. The molecule has 2 aromatic rings. The van der Waals surface area contributed by atoms with Crippen LogP contribution >= 0.6 is 0 Å². The Bertz CT molecular complexity index is 574. The molecule has 5 nitrogen and oxygen atoms in total. The van der Waals surface area contributed by atoms with Gasteiger partial charge in [0, 0.05) is 31.5 Å². The Labute approximate surface area is 113 Å². The van der Waals surface area contributed by atoms with Crippen molar-refractivity contribution in [3.63, 3.8) is 0 Å². The van der Waals surface area contributed by atoms with E-state index in [-0.39, 0.29) is 0 Å². The van der Waals surface area contributed by atoms with Crippen molar-refractivity contribution in [3.05, 3.63) is 24.2 Å². The van der Waals surface area contributed by atoms with Gasteiger partial charge in [-0.05, 0) is 24.8 Å². The van der Waals surface area contributed by atoms with E-state index in [9.17, 15) is 0 Å². The van der Waals surface area contributed by atoms with Crippen molar-refractivity contribution in [2.24, 2.45) is 5.73 Å². The van der Waals surface area contributed by atoms with E-state index in [1.54, 1.807) is 0 Å². The molecule has 1 saturated heterocycles. The van der Waals surface area contributed by atoms with Crippen molar-refractivity contribution in [1.82, 2.24) is 14.6 Å². The maximum atomic E-state index is 5.87. The zero-order valence-electron chi connectivity index (χ0n) is 11.6. The first-order valence-corrected chi connectivity index (χ1v) is 7.01. The number of nitrogens with two attached hydrogens (primary N) is 1. The third-order valence-electron chi connectivity index (χ3n) is 3.90. The molecule has 1 aliphatic rings. The lowest BCUT2D eigenvalue weighted by molar-refractivity contribution is 0.671. The van der Waals surface area contributed by atoms with E-state index in [0.29, 0.717) is 18.5 Å². The molecule has 0 aliphatic carbocycles. The van der Waals surface area contributed by atoms with Gasteiger partial charge in [-0.25, -0.2) is 9.50 Å². The number of nitrogens with zero attached hydrogens (tertiary/aromatic N) is 4. The highest BCUT2D eigenvalue weighted by Crippen LogP contribution is 2.28. The van der Waals surface area contributed by atoms with E-state index < -0.39 is 0 Å². The summed E-state index contributed by atoms with van der Waals surface area (Å²) in [5, 5.41) is 4.61. The molecule has 2 aromatic heterocycles. The largest absolute Gasteiger partial charge is 0.351 e. The molecular weight excluding hydrogens is 238 g/mol. The molecule has 5 heteroatoms. The Hall–Kier alpha value is -1.62. The Kier molecular flexibility index (Phi) is 3.14. The second-order valence-electron chi connectivity index (χ2n) is 5.53. The highest BCUT2D eigenvalue weighted by atomic mass is 15.3. The van der Waals surface area contributed by atoms with Crippen molar-refractivity contribution in [2.75, 3.05) is 18.0 Å². The molecule has 1 fully saturated rings. The summed E-state index contributed by atoms with van der Waals surface area (Å²) < 4.78 is 1.93. The van der Waals surface area contributed by atoms with Gasteiger partial charge in [-0.2, -0.15) is 5.10 Å². The first kappa shape index (κ1) is 12.4. The molecule has 0 spiro atoms. The average molecular weight is 259 g/mol. The van der Waals surface area contributed by atoms with E-state index in [1.807, 2.05) is 16.9 Å². The summed E-state index contributed by atoms with van der Waals surface area (Å²) >= 11 is 0. The van der Waals surface area contributed by atoms with Gasteiger partial charge < -0.3 is 10.6 Å². The summed E-state index contributed by atoms with van der Waals surface area (Å²) in [6, 6.07) is 2.56. The second-order valence-corrected chi connectivity index (χ2v) is 5.53. The standard InChI is InChI=1S/C14H21N5/c1-10(2)12-8-13-14(16-5-7-19(13)17-12)18-6-3-4-11(18)9-15/h5,7-8,10-11H,3-4,6,9,15H2,1-2H3. The van der Waals surface area contributed by atoms with Crippen LogP contribution in [0.15, 0.2) is 18.5 Å². The van der Waals surface area contributed by atoms with Crippen LogP contribution in [0.5, 0.6) is 0 Å². The van der Waals surface area contributed by atoms with Crippen molar-refractivity contribution in [2.45, 2.75) is 38.6 Å². The van der Waals surface area contributed by atoms with Crippen LogP contribution in [0.25, 0.3) is 5.52 Å². The topological polar surface area (TPSA) is 59.5 Å². The lowest BCUT2D eigenvalue weighted by Crippen LogP contribution is -2.36. The molecule has 1 atom stereocenters. The summed E-state index contributed by atoms with van der Waals surface area (Å²) in [6.45, 7) is 6.05. The molecule has 3 rings (SSSR count). The van der Waals surface area contributed by atoms with Gasteiger partial charge in [0.25, 0.3) is 0 Å². The van der Waals surface area contributed by atoms with Crippen LogP contribution < -0.4 is 10.6 Å². The molecule has 0 saturated carbocycles. The lowest BCUT2D eigenvalue weighted by atomic mass is 10.1. The van der Waals surface area contributed by atoms with Crippen LogP contribution in [-0.2, 0) is 0 Å². The average Bonchev–Trinajstić information content (AvgIpc) is 3.04. The van der Waals surface area contributed by atoms with Crippen LogP contribution in [0.1, 0.15) is 38.3 Å². The summed E-state index contributed by atoms with van der Waals surface area (Å²) in [5.41, 5.74) is 8.07. The quantitative estimate of drug-likeness (QED) is 0.912. The van der Waals surface area contributed by atoms with Crippen molar-refractivity contribution < 1.29 is 0 Å². The van der Waals surface area contributed by atoms with Crippen LogP contribution in [0, 0.1) is 0 Å². The fourth-order valence-electron chi connectivity index (χ4n) is 2.79. The molecular formula is C14H21N5. The monoisotopic (exact) mass is 259 g/mol. The van der Waals surface area contributed by atoms with Gasteiger partial charge in [0.15, 0.2) is 5.82 Å². The molecule has 1 aliphatic heterocycles. The molecule has 3 heterocycles. The first-order chi connectivity index (χ1) is 9.20. The Morgan fingerprint density at radius 3 is 3.05 bits per heavy atom. The second kappa shape index (κ2) is 4.81. The van der Waals surface area contributed by atoms with Gasteiger partial charge in [0.05, 0.1) is 5.69 Å². The summed E-state index contributed by atoms with van der Waals surface area (Å²) in [7, 11) is 0. The fraction of sp³-hybridized carbons (Fsp3) is 0.571. The molecule has 0 radical (unpaired) electrons. The van der Waals surface area contributed by atoms with Crippen LogP contribution in [0.4, 0.5) is 5.82 Å². The van der Waals surface area contributed by atoms with Gasteiger partial charge in [-0.3, -0.25) is 0 Å². The van der Waals surface area contributed by atoms with Crippen LogP contribution in [0.3, 0.4) is 0 Å². The van der Waals surface area contributed by atoms with Crippen molar-refractivity contribution in [1.29, 1.82) is 0 Å². The first-order valence-electron chi connectivity index (χ1n) is 7.01. The Morgan fingerprint density at radius 1 is 1.47 bits per heavy atom. The third-order valence-corrected chi connectivity index (χ3v) is 3.90. The van der Waals surface area contributed by atoms with E-state index in [0.717, 1.165) is 30.0 Å². The number of rotatable bonds is 3. The van der Waals surface area contributed by atoms with E-state index >= 15 is 0 Å². The zero-order chi connectivity index (χ0) is 13.4. The van der Waals surface area contributed by atoms with Gasteiger partial charge in [0.2, 0.25) is 0 Å². The number of anilines is 1. The predicted octanol–water partition coefficient (Wildman–Crippen LogP) is 1.78. The van der Waals surface area contributed by atoms with Gasteiger partial charge in [0.1, 0.15) is 5.52 Å². The summed E-state index contributed by atoms with van der Waals surface area (Å²) in [6.07, 6.45) is 6.09. The van der Waals surface area contributed by atoms with Gasteiger partial charge in [-0.15, -0.1) is 0 Å². The van der Waals surface area contributed by atoms with Crippen molar-refractivity contribution in [3.8, 4) is 0 Å². The normalized spacial score (nSPS) is 19.8. The molecule has 19 heavy (non-hydrogen) atoms. The highest BCUT2D eigenvalue weighted by Gasteiger charge is 2.26. The number of hydrogen-bond acceptors (Lipinski definition) is 4. The molecule has 102 valence electrons. The smallest absolute Gasteiger partial charge is 0.154 e. The Balaban J connectivity index is 2.08. The minimum atomic E-state index is 0.413. The minimum Gasteiger partial charge on any atom is -0.351 e. The van der Waals surface area contributed by atoms with Crippen LogP contribution in [0.2, 0.25) is 0 Å². The summed E-state index contributed by atoms with van der Waals surface area (Å²) in [5.74, 6) is 1.45. The number of fused-ring (bicyclic) bond motifs is 1. The molecule has 1 unspecified atom stereocenters. The van der Waals surface area contributed by atoms with E-state index in [2.05, 4.69) is 34.9 Å². The Morgan fingerprint density at radius 2 is 2.32 bits per heavy atom. The van der Waals surface area contributed by atoms with Crippen LogP contribution in [-0.4, -0.2) is 33.7 Å². The summed E-state index contributed by atoms with van der Waals surface area (Å²) in [4.78, 5) is 6.90. The lowest BCUT2D eigenvalue weighted by Gasteiger charge is -2.24. The molecule has 2 N–H and O–H groups in total. The minimum absolute atomic E-state index is 0.413. The fourth-order valence-corrected chi connectivity index (χ4v) is 2.79.